The van der Waals surface area contributed by atoms with Gasteiger partial charge in [-0.15, -0.1) is 0 Å². The molecule has 2 heterocycles. The maximum atomic E-state index is 14.4. The van der Waals surface area contributed by atoms with Gasteiger partial charge in [0.15, 0.2) is 0 Å². The molecule has 2 aliphatic heterocycles. The number of piperidine rings is 1. The molecule has 3 atom stereocenters. The average Bonchev–Trinajstić information content (AvgIpc) is 3.65. The molecule has 1 saturated carbocycles. The Morgan fingerprint density at radius 2 is 1.88 bits per heavy atom. The first-order valence-electron chi connectivity index (χ1n) is 12.5. The highest BCUT2D eigenvalue weighted by atomic mass is 35.5. The molecule has 3 aliphatic rings. The fraction of sp³-hybridized carbons (Fsp3) is 0.536. The van der Waals surface area contributed by atoms with Crippen LogP contribution in [0.5, 0.6) is 5.75 Å². The Kier molecular flexibility index (Phi) is 6.36. The molecule has 0 aromatic heterocycles. The number of ether oxygens (including phenoxy) is 1. The molecule has 182 valence electrons. The molecule has 2 aromatic carbocycles. The molecule has 2 fully saturated rings. The van der Waals surface area contributed by atoms with Crippen molar-refractivity contribution in [2.45, 2.75) is 69.9 Å². The molecule has 0 radical (unpaired) electrons. The van der Waals surface area contributed by atoms with Crippen molar-refractivity contribution in [2.24, 2.45) is 11.8 Å². The minimum Gasteiger partial charge on any atom is -0.487 e. The number of likely N-dealkylation sites (tertiary alicyclic amines) is 1. The zero-order valence-corrected chi connectivity index (χ0v) is 20.7. The van der Waals surface area contributed by atoms with E-state index >= 15 is 0 Å². The third-order valence-corrected chi connectivity index (χ3v) is 8.61. The Balaban J connectivity index is 1.30. The van der Waals surface area contributed by atoms with Crippen molar-refractivity contribution in [2.75, 3.05) is 13.1 Å². The van der Waals surface area contributed by atoms with Gasteiger partial charge < -0.3 is 9.84 Å². The molecule has 1 saturated heterocycles. The van der Waals surface area contributed by atoms with Crippen LogP contribution in [0, 0.1) is 17.7 Å². The molecule has 1 aliphatic carbocycles. The Labute approximate surface area is 206 Å². The maximum absolute atomic E-state index is 14.4. The van der Waals surface area contributed by atoms with E-state index in [9.17, 15) is 14.3 Å². The van der Waals surface area contributed by atoms with Gasteiger partial charge in [-0.25, -0.2) is 4.39 Å². The van der Waals surface area contributed by atoms with Gasteiger partial charge in [-0.3, -0.25) is 9.69 Å². The Hall–Kier alpha value is -2.11. The highest BCUT2D eigenvalue weighted by Gasteiger charge is 2.42. The number of rotatable bonds is 6. The van der Waals surface area contributed by atoms with E-state index in [2.05, 4.69) is 23.1 Å². The summed E-state index contributed by atoms with van der Waals surface area (Å²) in [5.41, 5.74) is 2.74. The minimum absolute atomic E-state index is 0.0413. The lowest BCUT2D eigenvalue weighted by atomic mass is 9.80. The third-order valence-electron chi connectivity index (χ3n) is 8.38. The van der Waals surface area contributed by atoms with E-state index in [1.165, 1.54) is 11.6 Å². The van der Waals surface area contributed by atoms with E-state index in [4.69, 9.17) is 16.3 Å². The first-order valence-corrected chi connectivity index (χ1v) is 12.9. The smallest absolute Gasteiger partial charge is 0.306 e. The number of carbonyl (C=O) groups is 1. The van der Waals surface area contributed by atoms with E-state index in [-0.39, 0.29) is 23.4 Å². The van der Waals surface area contributed by atoms with E-state index in [1.54, 1.807) is 12.1 Å². The summed E-state index contributed by atoms with van der Waals surface area (Å²) < 4.78 is 21.1. The van der Waals surface area contributed by atoms with Crippen LogP contribution in [-0.4, -0.2) is 34.7 Å². The summed E-state index contributed by atoms with van der Waals surface area (Å²) in [6.07, 6.45) is 5.93. The number of aliphatic carboxylic acids is 1. The second kappa shape index (κ2) is 9.16. The van der Waals surface area contributed by atoms with Gasteiger partial charge in [-0.05, 0) is 92.7 Å². The number of hydrogen-bond donors (Lipinski definition) is 1. The van der Waals surface area contributed by atoms with Crippen molar-refractivity contribution < 1.29 is 19.0 Å². The molecule has 0 bridgehead atoms. The number of carboxylic acids is 1. The van der Waals surface area contributed by atoms with Gasteiger partial charge in [-0.2, -0.15) is 0 Å². The van der Waals surface area contributed by atoms with Gasteiger partial charge >= 0.3 is 5.97 Å². The van der Waals surface area contributed by atoms with Crippen LogP contribution in [0.2, 0.25) is 5.02 Å². The van der Waals surface area contributed by atoms with Gasteiger partial charge in [0.2, 0.25) is 0 Å². The first-order chi connectivity index (χ1) is 16.3. The highest BCUT2D eigenvalue weighted by Crippen LogP contribution is 2.49. The van der Waals surface area contributed by atoms with Crippen molar-refractivity contribution in [1.82, 2.24) is 4.90 Å². The molecule has 5 rings (SSSR count). The largest absolute Gasteiger partial charge is 0.487 e. The zero-order chi connectivity index (χ0) is 24.0. The molecule has 1 N–H and O–H groups in total. The van der Waals surface area contributed by atoms with Crippen molar-refractivity contribution in [3.05, 3.63) is 63.9 Å². The summed E-state index contributed by atoms with van der Waals surface area (Å²) in [7, 11) is 0. The second-order valence-electron chi connectivity index (χ2n) is 10.5. The summed E-state index contributed by atoms with van der Waals surface area (Å²) in [6.45, 7) is 5.54. The van der Waals surface area contributed by atoms with E-state index in [0.717, 1.165) is 62.9 Å². The summed E-state index contributed by atoms with van der Waals surface area (Å²) >= 11 is 6.12. The Morgan fingerprint density at radius 1 is 1.15 bits per heavy atom. The topological polar surface area (TPSA) is 49.8 Å². The lowest BCUT2D eigenvalue weighted by molar-refractivity contribution is -0.142. The van der Waals surface area contributed by atoms with Crippen LogP contribution in [0.25, 0.3) is 0 Å². The minimum atomic E-state index is -0.732. The molecule has 0 amide bonds. The Morgan fingerprint density at radius 3 is 2.56 bits per heavy atom. The molecule has 6 heteroatoms. The monoisotopic (exact) mass is 485 g/mol. The van der Waals surface area contributed by atoms with Gasteiger partial charge in [0.1, 0.15) is 17.2 Å². The molecular weight excluding hydrogens is 453 g/mol. The summed E-state index contributed by atoms with van der Waals surface area (Å²) in [6, 6.07) is 11.1. The standard InChI is InChI=1S/C28H33ClFNO3/c1-17(27(32)33)26(20-4-5-20)21-6-3-19-9-10-28(34-25(19)15-21)11-13-31(14-12-28)18(2)23-16-22(29)7-8-24(23)30/h3,6-8,15-18,20,26H,4-5,9-14H2,1-2H3,(H,32,33)/t17-,18?,26?/m0/s1. The normalized spacial score (nSPS) is 22.5. The van der Waals surface area contributed by atoms with Crippen molar-refractivity contribution in [1.29, 1.82) is 0 Å². The van der Waals surface area contributed by atoms with Gasteiger partial charge in [0, 0.05) is 29.7 Å². The summed E-state index contributed by atoms with van der Waals surface area (Å²) in [5, 5.41) is 10.2. The van der Waals surface area contributed by atoms with Crippen molar-refractivity contribution >= 4 is 17.6 Å². The zero-order valence-electron chi connectivity index (χ0n) is 19.9. The second-order valence-corrected chi connectivity index (χ2v) is 11.0. The third kappa shape index (κ3) is 4.57. The van der Waals surface area contributed by atoms with Gasteiger partial charge in [0.05, 0.1) is 5.92 Å². The predicted octanol–water partition coefficient (Wildman–Crippen LogP) is 6.61. The van der Waals surface area contributed by atoms with Crippen LogP contribution < -0.4 is 4.74 Å². The quantitative estimate of drug-likeness (QED) is 0.500. The van der Waals surface area contributed by atoms with Crippen molar-refractivity contribution in [3.8, 4) is 5.75 Å². The Bertz CT molecular complexity index is 1080. The molecule has 1 spiro atoms. The summed E-state index contributed by atoms with van der Waals surface area (Å²) in [4.78, 5) is 14.1. The average molecular weight is 486 g/mol. The molecule has 34 heavy (non-hydrogen) atoms. The van der Waals surface area contributed by atoms with E-state index < -0.39 is 11.9 Å². The maximum Gasteiger partial charge on any atom is 0.306 e. The van der Waals surface area contributed by atoms with E-state index in [1.807, 2.05) is 13.8 Å². The predicted molar refractivity (Wildman–Crippen MR) is 131 cm³/mol. The lowest BCUT2D eigenvalue weighted by Crippen LogP contribution is -2.50. The van der Waals surface area contributed by atoms with Gasteiger partial charge in [0.25, 0.3) is 0 Å². The number of nitrogens with zero attached hydrogens (tertiary/aromatic N) is 1. The van der Waals surface area contributed by atoms with Crippen LogP contribution in [0.3, 0.4) is 0 Å². The van der Waals surface area contributed by atoms with Crippen LogP contribution >= 0.6 is 11.6 Å². The fourth-order valence-corrected chi connectivity index (χ4v) is 6.19. The molecule has 4 nitrogen and oxygen atoms in total. The molecule has 2 aromatic rings. The highest BCUT2D eigenvalue weighted by molar-refractivity contribution is 6.30. The number of aryl methyl sites for hydroxylation is 1. The fourth-order valence-electron chi connectivity index (χ4n) is 6.01. The van der Waals surface area contributed by atoms with Crippen LogP contribution in [-0.2, 0) is 11.2 Å². The first kappa shape index (κ1) is 23.6. The number of hydrogen-bond acceptors (Lipinski definition) is 3. The SMILES string of the molecule is CC(c1cc(Cl)ccc1F)N1CCC2(CCc3ccc(C(C4CC4)[C@H](C)C(=O)O)cc3O2)CC1. The van der Waals surface area contributed by atoms with E-state index in [0.29, 0.717) is 16.5 Å². The van der Waals surface area contributed by atoms with Crippen LogP contribution in [0.15, 0.2) is 36.4 Å². The summed E-state index contributed by atoms with van der Waals surface area (Å²) in [5.74, 6) is 0.0740. The van der Waals surface area contributed by atoms with Gasteiger partial charge in [-0.1, -0.05) is 30.7 Å². The lowest BCUT2D eigenvalue weighted by Gasteiger charge is -2.46. The number of benzene rings is 2. The number of carboxylic acid groups (broad SMARTS) is 1. The van der Waals surface area contributed by atoms with Crippen molar-refractivity contribution in [3.63, 3.8) is 0 Å². The molecular formula is C28H33ClFNO3. The molecule has 2 unspecified atom stereocenters. The number of fused-ring (bicyclic) bond motifs is 1. The van der Waals surface area contributed by atoms with Crippen LogP contribution in [0.4, 0.5) is 4.39 Å². The van der Waals surface area contributed by atoms with Crippen LogP contribution in [0.1, 0.15) is 74.6 Å². The number of halogens is 2.